The van der Waals surface area contributed by atoms with Crippen molar-refractivity contribution in [2.45, 2.75) is 19.8 Å². The number of rotatable bonds is 1. The van der Waals surface area contributed by atoms with Crippen LogP contribution in [0.3, 0.4) is 0 Å². The Morgan fingerprint density at radius 1 is 1.35 bits per heavy atom. The van der Waals surface area contributed by atoms with Crippen molar-refractivity contribution in [3.63, 3.8) is 0 Å². The second-order valence-electron chi connectivity index (χ2n) is 4.51. The number of aryl methyl sites for hydroxylation is 3. The highest BCUT2D eigenvalue weighted by Gasteiger charge is 2.12. The zero-order valence-corrected chi connectivity index (χ0v) is 10.2. The third kappa shape index (κ3) is 1.79. The first-order valence-electron chi connectivity index (χ1n) is 5.99. The Morgan fingerprint density at radius 2 is 2.24 bits per heavy atom. The van der Waals surface area contributed by atoms with E-state index in [1.807, 2.05) is 18.7 Å². The smallest absolute Gasteiger partial charge is 0.158 e. The summed E-state index contributed by atoms with van der Waals surface area (Å²) in [6.07, 6.45) is 2.35. The molecule has 3 rings (SSSR count). The molecule has 0 amide bonds. The van der Waals surface area contributed by atoms with Crippen molar-refractivity contribution < 1.29 is 0 Å². The first kappa shape index (κ1) is 10.3. The van der Waals surface area contributed by atoms with Crippen LogP contribution < -0.4 is 5.32 Å². The van der Waals surface area contributed by atoms with Crippen LogP contribution in [0.15, 0.2) is 18.2 Å². The molecule has 0 atom stereocenters. The van der Waals surface area contributed by atoms with Crippen molar-refractivity contribution in [1.29, 1.82) is 0 Å². The molecule has 0 saturated carbocycles. The van der Waals surface area contributed by atoms with Crippen LogP contribution in [0.5, 0.6) is 0 Å². The fourth-order valence-electron chi connectivity index (χ4n) is 2.38. The summed E-state index contributed by atoms with van der Waals surface area (Å²) in [7, 11) is 1.94. The van der Waals surface area contributed by atoms with Gasteiger partial charge in [0.25, 0.3) is 0 Å². The molecule has 1 aliphatic rings. The van der Waals surface area contributed by atoms with Crippen molar-refractivity contribution in [3.8, 4) is 11.4 Å². The van der Waals surface area contributed by atoms with Crippen molar-refractivity contribution in [2.24, 2.45) is 7.05 Å². The molecule has 0 bridgehead atoms. The zero-order valence-electron chi connectivity index (χ0n) is 10.2. The SMILES string of the molecule is Cc1nc(-c2ccc3c(c2)CCCN3)n(C)n1. The van der Waals surface area contributed by atoms with Gasteiger partial charge in [0.05, 0.1) is 0 Å². The van der Waals surface area contributed by atoms with Gasteiger partial charge in [-0.15, -0.1) is 0 Å². The summed E-state index contributed by atoms with van der Waals surface area (Å²) in [5, 5.41) is 7.71. The summed E-state index contributed by atoms with van der Waals surface area (Å²) in [6.45, 7) is 3.00. The zero-order chi connectivity index (χ0) is 11.8. The molecule has 1 aliphatic heterocycles. The summed E-state index contributed by atoms with van der Waals surface area (Å²) in [6, 6.07) is 6.49. The van der Waals surface area contributed by atoms with Gasteiger partial charge in [0.2, 0.25) is 0 Å². The average Bonchev–Trinajstić information content (AvgIpc) is 2.68. The van der Waals surface area contributed by atoms with Gasteiger partial charge >= 0.3 is 0 Å². The van der Waals surface area contributed by atoms with E-state index >= 15 is 0 Å². The lowest BCUT2D eigenvalue weighted by atomic mass is 10.0. The molecule has 1 N–H and O–H groups in total. The Balaban J connectivity index is 2.06. The molecule has 2 aromatic rings. The van der Waals surface area contributed by atoms with Crippen LogP contribution in [0.25, 0.3) is 11.4 Å². The average molecular weight is 228 g/mol. The summed E-state index contributed by atoms with van der Waals surface area (Å²) in [4.78, 5) is 4.46. The van der Waals surface area contributed by atoms with Crippen molar-refractivity contribution in [2.75, 3.05) is 11.9 Å². The van der Waals surface area contributed by atoms with Crippen LogP contribution in [0.4, 0.5) is 5.69 Å². The number of aromatic nitrogens is 3. The number of nitrogens with zero attached hydrogens (tertiary/aromatic N) is 3. The molecule has 0 aliphatic carbocycles. The topological polar surface area (TPSA) is 42.7 Å². The molecule has 2 heterocycles. The van der Waals surface area contributed by atoms with Crippen LogP contribution in [0, 0.1) is 6.92 Å². The molecule has 0 saturated heterocycles. The molecular formula is C13H16N4. The number of hydrogen-bond donors (Lipinski definition) is 1. The van der Waals surface area contributed by atoms with Crippen LogP contribution in [0.2, 0.25) is 0 Å². The van der Waals surface area contributed by atoms with E-state index < -0.39 is 0 Å². The van der Waals surface area contributed by atoms with Gasteiger partial charge in [-0.25, -0.2) is 9.67 Å². The van der Waals surface area contributed by atoms with Crippen LogP contribution >= 0.6 is 0 Å². The number of benzene rings is 1. The van der Waals surface area contributed by atoms with Crippen molar-refractivity contribution in [3.05, 3.63) is 29.6 Å². The number of anilines is 1. The molecule has 0 unspecified atom stereocenters. The number of fused-ring (bicyclic) bond motifs is 1. The predicted molar refractivity (Wildman–Crippen MR) is 68.0 cm³/mol. The van der Waals surface area contributed by atoms with Gasteiger partial charge in [-0.1, -0.05) is 0 Å². The maximum Gasteiger partial charge on any atom is 0.158 e. The Bertz CT molecular complexity index is 557. The summed E-state index contributed by atoms with van der Waals surface area (Å²) in [5.41, 5.74) is 3.80. The maximum absolute atomic E-state index is 4.46. The summed E-state index contributed by atoms with van der Waals surface area (Å²) >= 11 is 0. The Morgan fingerprint density at radius 3 is 3.00 bits per heavy atom. The van der Waals surface area contributed by atoms with E-state index in [4.69, 9.17) is 0 Å². The van der Waals surface area contributed by atoms with Gasteiger partial charge in [0.15, 0.2) is 5.82 Å². The monoisotopic (exact) mass is 228 g/mol. The second-order valence-corrected chi connectivity index (χ2v) is 4.51. The van der Waals surface area contributed by atoms with E-state index in [-0.39, 0.29) is 0 Å². The molecule has 0 spiro atoms. The van der Waals surface area contributed by atoms with Gasteiger partial charge in [-0.2, -0.15) is 5.10 Å². The molecule has 1 aromatic heterocycles. The first-order valence-corrected chi connectivity index (χ1v) is 5.99. The van der Waals surface area contributed by atoms with E-state index in [0.717, 1.165) is 30.2 Å². The predicted octanol–water partition coefficient (Wildman–Crippen LogP) is 2.15. The molecule has 4 nitrogen and oxygen atoms in total. The Labute approximate surface area is 101 Å². The summed E-state index contributed by atoms with van der Waals surface area (Å²) in [5.74, 6) is 1.76. The van der Waals surface area contributed by atoms with Crippen LogP contribution in [0.1, 0.15) is 17.8 Å². The van der Waals surface area contributed by atoms with Gasteiger partial charge in [0, 0.05) is 24.8 Å². The molecule has 4 heteroatoms. The van der Waals surface area contributed by atoms with Gasteiger partial charge in [-0.05, 0) is 43.5 Å². The highest BCUT2D eigenvalue weighted by Crippen LogP contribution is 2.27. The quantitative estimate of drug-likeness (QED) is 0.813. The fraction of sp³-hybridized carbons (Fsp3) is 0.385. The minimum Gasteiger partial charge on any atom is -0.385 e. The van der Waals surface area contributed by atoms with Crippen LogP contribution in [-0.2, 0) is 13.5 Å². The van der Waals surface area contributed by atoms with E-state index in [2.05, 4.69) is 33.6 Å². The minimum absolute atomic E-state index is 0.818. The van der Waals surface area contributed by atoms with Crippen LogP contribution in [-0.4, -0.2) is 21.3 Å². The highest BCUT2D eigenvalue weighted by atomic mass is 15.3. The molecule has 88 valence electrons. The fourth-order valence-corrected chi connectivity index (χ4v) is 2.38. The van der Waals surface area contributed by atoms with E-state index in [1.54, 1.807) is 0 Å². The van der Waals surface area contributed by atoms with Gasteiger partial charge in [-0.3, -0.25) is 0 Å². The van der Waals surface area contributed by atoms with Gasteiger partial charge in [0.1, 0.15) is 5.82 Å². The second kappa shape index (κ2) is 3.87. The molecule has 0 fully saturated rings. The lowest BCUT2D eigenvalue weighted by Gasteiger charge is -2.18. The van der Waals surface area contributed by atoms with E-state index in [0.29, 0.717) is 0 Å². The third-order valence-electron chi connectivity index (χ3n) is 3.17. The van der Waals surface area contributed by atoms with Crippen molar-refractivity contribution in [1.82, 2.24) is 14.8 Å². The maximum atomic E-state index is 4.46. The Hall–Kier alpha value is -1.84. The molecule has 1 aromatic carbocycles. The van der Waals surface area contributed by atoms with Crippen molar-refractivity contribution >= 4 is 5.69 Å². The van der Waals surface area contributed by atoms with E-state index in [9.17, 15) is 0 Å². The molecule has 0 radical (unpaired) electrons. The standard InChI is InChI=1S/C13H16N4/c1-9-15-13(17(2)16-9)11-5-6-12-10(8-11)4-3-7-14-12/h5-6,8,14H,3-4,7H2,1-2H3. The normalized spacial score (nSPS) is 14.2. The lowest BCUT2D eigenvalue weighted by Crippen LogP contribution is -2.11. The first-order chi connectivity index (χ1) is 8.24. The van der Waals surface area contributed by atoms with Gasteiger partial charge < -0.3 is 5.32 Å². The highest BCUT2D eigenvalue weighted by molar-refractivity contribution is 5.64. The largest absolute Gasteiger partial charge is 0.385 e. The third-order valence-corrected chi connectivity index (χ3v) is 3.17. The number of nitrogens with one attached hydrogen (secondary N) is 1. The Kier molecular flexibility index (Phi) is 2.35. The molecule has 17 heavy (non-hydrogen) atoms. The summed E-state index contributed by atoms with van der Waals surface area (Å²) < 4.78 is 1.84. The van der Waals surface area contributed by atoms with E-state index in [1.165, 1.54) is 17.7 Å². The lowest BCUT2D eigenvalue weighted by molar-refractivity contribution is 0.763. The number of hydrogen-bond acceptors (Lipinski definition) is 3. The minimum atomic E-state index is 0.818. The molecular weight excluding hydrogens is 212 g/mol.